The molecule has 0 unspecified atom stereocenters. The molecule has 2 aliphatic heterocycles. The molecule has 2 fully saturated rings. The molecule has 0 radical (unpaired) electrons. The van der Waals surface area contributed by atoms with Gasteiger partial charge in [0.15, 0.2) is 0 Å². The molecule has 3 atom stereocenters. The third-order valence-corrected chi connectivity index (χ3v) is 4.85. The average Bonchev–Trinajstić information content (AvgIpc) is 3.02. The Morgan fingerprint density at radius 2 is 2.25 bits per heavy atom. The van der Waals surface area contributed by atoms with Crippen molar-refractivity contribution in [1.82, 2.24) is 15.5 Å². The van der Waals surface area contributed by atoms with Gasteiger partial charge in [-0.1, -0.05) is 23.7 Å². The van der Waals surface area contributed by atoms with Crippen molar-refractivity contribution in [3.63, 3.8) is 0 Å². The standard InChI is InChI=1S/C17H24ClN3O3/c18-13-3-1-2-12(8-13)16(21-4-6-24-7-5-21)11-20-17(23)15-9-14(22)10-19-15/h1-3,8,14-16,19,22H,4-7,9-11H2,(H,20,23)/t14-,15-,16-/m1/s1. The summed E-state index contributed by atoms with van der Waals surface area (Å²) in [5, 5.41) is 16.3. The number of β-amino-alcohol motifs (C(OH)–C–C–N with tert-alkyl or cyclic N) is 1. The summed E-state index contributed by atoms with van der Waals surface area (Å²) < 4.78 is 5.44. The first-order valence-electron chi connectivity index (χ1n) is 8.40. The Bertz CT molecular complexity index is 566. The van der Waals surface area contributed by atoms with E-state index >= 15 is 0 Å². The van der Waals surface area contributed by atoms with E-state index in [-0.39, 0.29) is 18.0 Å². The molecule has 1 aromatic rings. The molecular formula is C17H24ClN3O3. The van der Waals surface area contributed by atoms with Gasteiger partial charge < -0.3 is 20.5 Å². The van der Waals surface area contributed by atoms with Crippen LogP contribution in [-0.4, -0.2) is 67.5 Å². The Labute approximate surface area is 147 Å². The van der Waals surface area contributed by atoms with E-state index in [1.807, 2.05) is 24.3 Å². The number of benzene rings is 1. The lowest BCUT2D eigenvalue weighted by atomic mass is 10.0. The van der Waals surface area contributed by atoms with Crippen molar-refractivity contribution in [3.8, 4) is 0 Å². The van der Waals surface area contributed by atoms with Gasteiger partial charge in [-0.3, -0.25) is 9.69 Å². The predicted octanol–water partition coefficient (Wildman–Crippen LogP) is 0.552. The second-order valence-electron chi connectivity index (χ2n) is 6.31. The van der Waals surface area contributed by atoms with Crippen molar-refractivity contribution in [2.45, 2.75) is 24.6 Å². The van der Waals surface area contributed by atoms with Crippen LogP contribution in [0.3, 0.4) is 0 Å². The molecule has 132 valence electrons. The maximum Gasteiger partial charge on any atom is 0.237 e. The van der Waals surface area contributed by atoms with Crippen LogP contribution in [0, 0.1) is 0 Å². The number of nitrogens with zero attached hydrogens (tertiary/aromatic N) is 1. The number of halogens is 1. The van der Waals surface area contributed by atoms with Gasteiger partial charge in [0.05, 0.1) is 31.4 Å². The zero-order valence-electron chi connectivity index (χ0n) is 13.6. The summed E-state index contributed by atoms with van der Waals surface area (Å²) in [6.07, 6.45) is 0.0225. The number of aliphatic hydroxyl groups is 1. The van der Waals surface area contributed by atoms with Crippen molar-refractivity contribution in [2.24, 2.45) is 0 Å². The van der Waals surface area contributed by atoms with E-state index in [2.05, 4.69) is 15.5 Å². The fourth-order valence-electron chi connectivity index (χ4n) is 3.30. The second-order valence-corrected chi connectivity index (χ2v) is 6.75. The lowest BCUT2D eigenvalue weighted by Gasteiger charge is -2.35. The number of carbonyl (C=O) groups excluding carboxylic acids is 1. The molecular weight excluding hydrogens is 330 g/mol. The SMILES string of the molecule is O=C(NC[C@H](c1cccc(Cl)c1)N1CCOCC1)[C@H]1C[C@@H](O)CN1. The molecule has 3 rings (SSSR count). The van der Waals surface area contributed by atoms with Gasteiger partial charge in [0.2, 0.25) is 5.91 Å². The summed E-state index contributed by atoms with van der Waals surface area (Å²) in [6.45, 7) is 4.02. The first-order valence-corrected chi connectivity index (χ1v) is 8.77. The highest BCUT2D eigenvalue weighted by Crippen LogP contribution is 2.24. The number of aliphatic hydroxyl groups excluding tert-OH is 1. The molecule has 1 aromatic carbocycles. The van der Waals surface area contributed by atoms with Crippen molar-refractivity contribution in [2.75, 3.05) is 39.4 Å². The summed E-state index contributed by atoms with van der Waals surface area (Å²) in [4.78, 5) is 14.6. The van der Waals surface area contributed by atoms with Gasteiger partial charge in [-0.15, -0.1) is 0 Å². The number of ether oxygens (including phenoxy) is 1. The molecule has 0 saturated carbocycles. The molecule has 1 amide bonds. The normalized spacial score (nSPS) is 26.2. The van der Waals surface area contributed by atoms with E-state index in [9.17, 15) is 9.90 Å². The minimum Gasteiger partial charge on any atom is -0.392 e. The highest BCUT2D eigenvalue weighted by molar-refractivity contribution is 6.30. The van der Waals surface area contributed by atoms with Crippen molar-refractivity contribution in [3.05, 3.63) is 34.9 Å². The van der Waals surface area contributed by atoms with E-state index < -0.39 is 6.10 Å². The van der Waals surface area contributed by atoms with E-state index in [0.717, 1.165) is 18.7 Å². The molecule has 2 heterocycles. The quantitative estimate of drug-likeness (QED) is 0.721. The lowest BCUT2D eigenvalue weighted by Crippen LogP contribution is -2.47. The van der Waals surface area contributed by atoms with Crippen molar-refractivity contribution >= 4 is 17.5 Å². The van der Waals surface area contributed by atoms with Crippen molar-refractivity contribution < 1.29 is 14.6 Å². The second kappa shape index (κ2) is 8.27. The van der Waals surface area contributed by atoms with E-state index in [1.165, 1.54) is 0 Å². The number of rotatable bonds is 5. The summed E-state index contributed by atoms with van der Waals surface area (Å²) >= 11 is 6.14. The van der Waals surface area contributed by atoms with Gasteiger partial charge in [-0.25, -0.2) is 0 Å². The first-order chi connectivity index (χ1) is 11.6. The minimum atomic E-state index is -0.441. The molecule has 6 nitrogen and oxygen atoms in total. The average molecular weight is 354 g/mol. The van der Waals surface area contributed by atoms with Gasteiger partial charge in [0, 0.05) is 31.2 Å². The topological polar surface area (TPSA) is 73.8 Å². The number of nitrogens with one attached hydrogen (secondary N) is 2. The van der Waals surface area contributed by atoms with Crippen molar-refractivity contribution in [1.29, 1.82) is 0 Å². The molecule has 0 aliphatic carbocycles. The fraction of sp³-hybridized carbons (Fsp3) is 0.588. The maximum atomic E-state index is 12.3. The zero-order valence-corrected chi connectivity index (χ0v) is 14.3. The molecule has 24 heavy (non-hydrogen) atoms. The molecule has 0 bridgehead atoms. The van der Waals surface area contributed by atoms with Crippen LogP contribution < -0.4 is 10.6 Å². The smallest absolute Gasteiger partial charge is 0.237 e. The van der Waals surface area contributed by atoms with Gasteiger partial charge in [-0.05, 0) is 24.1 Å². The van der Waals surface area contributed by atoms with E-state index in [1.54, 1.807) is 0 Å². The molecule has 2 saturated heterocycles. The Morgan fingerprint density at radius 3 is 2.92 bits per heavy atom. The van der Waals surface area contributed by atoms with E-state index in [0.29, 0.717) is 37.7 Å². The molecule has 0 aromatic heterocycles. The molecule has 3 N–H and O–H groups in total. The van der Waals surface area contributed by atoms with Crippen LogP contribution in [0.2, 0.25) is 5.02 Å². The number of hydrogen-bond donors (Lipinski definition) is 3. The first kappa shape index (κ1) is 17.6. The fourth-order valence-corrected chi connectivity index (χ4v) is 3.50. The van der Waals surface area contributed by atoms with Gasteiger partial charge in [0.1, 0.15) is 0 Å². The third kappa shape index (κ3) is 4.46. The number of morpholine rings is 1. The zero-order chi connectivity index (χ0) is 16.9. The monoisotopic (exact) mass is 353 g/mol. The van der Waals surface area contributed by atoms with Crippen LogP contribution in [0.4, 0.5) is 0 Å². The van der Waals surface area contributed by atoms with Crippen LogP contribution in [0.1, 0.15) is 18.0 Å². The number of carbonyl (C=O) groups is 1. The molecule has 0 spiro atoms. The van der Waals surface area contributed by atoms with Crippen LogP contribution >= 0.6 is 11.6 Å². The number of hydrogen-bond acceptors (Lipinski definition) is 5. The maximum absolute atomic E-state index is 12.3. The lowest BCUT2D eigenvalue weighted by molar-refractivity contribution is -0.123. The number of amides is 1. The third-order valence-electron chi connectivity index (χ3n) is 4.61. The van der Waals surface area contributed by atoms with Crippen LogP contribution in [0.15, 0.2) is 24.3 Å². The highest BCUT2D eigenvalue weighted by Gasteiger charge is 2.29. The molecule has 2 aliphatic rings. The van der Waals surface area contributed by atoms with Crippen LogP contribution in [0.25, 0.3) is 0 Å². The largest absolute Gasteiger partial charge is 0.392 e. The van der Waals surface area contributed by atoms with Gasteiger partial charge in [0.25, 0.3) is 0 Å². The van der Waals surface area contributed by atoms with Gasteiger partial charge in [-0.2, -0.15) is 0 Å². The Balaban J connectivity index is 1.66. The Kier molecular flexibility index (Phi) is 6.08. The summed E-state index contributed by atoms with van der Waals surface area (Å²) in [5.41, 5.74) is 1.09. The van der Waals surface area contributed by atoms with E-state index in [4.69, 9.17) is 16.3 Å². The Hall–Kier alpha value is -1.18. The van der Waals surface area contributed by atoms with Crippen LogP contribution in [-0.2, 0) is 9.53 Å². The van der Waals surface area contributed by atoms with Gasteiger partial charge >= 0.3 is 0 Å². The summed E-state index contributed by atoms with van der Waals surface area (Å²) in [5.74, 6) is -0.0631. The summed E-state index contributed by atoms with van der Waals surface area (Å²) in [6, 6.07) is 7.51. The highest BCUT2D eigenvalue weighted by atomic mass is 35.5. The Morgan fingerprint density at radius 1 is 1.46 bits per heavy atom. The minimum absolute atomic E-state index is 0.0582. The van der Waals surface area contributed by atoms with Crippen LogP contribution in [0.5, 0.6) is 0 Å². The molecule has 7 heteroatoms. The summed E-state index contributed by atoms with van der Waals surface area (Å²) in [7, 11) is 0. The predicted molar refractivity (Wildman–Crippen MR) is 92.0 cm³/mol.